The Kier molecular flexibility index (Phi) is 6.67. The number of hydrogen-bond donors (Lipinski definition) is 2. The van der Waals surface area contributed by atoms with E-state index in [2.05, 4.69) is 10.2 Å². The summed E-state index contributed by atoms with van der Waals surface area (Å²) in [6.45, 7) is 4.49. The van der Waals surface area contributed by atoms with Gasteiger partial charge in [0.15, 0.2) is 0 Å². The Hall–Kier alpha value is -1.14. The largest absolute Gasteiger partial charge is 0.480 e. The van der Waals surface area contributed by atoms with E-state index < -0.39 is 5.97 Å². The van der Waals surface area contributed by atoms with Crippen LogP contribution < -0.4 is 5.32 Å². The Morgan fingerprint density at radius 2 is 2.06 bits per heavy atom. The molecular formula is C12H22N2O4. The van der Waals surface area contributed by atoms with Gasteiger partial charge in [-0.25, -0.2) is 4.79 Å². The number of carbonyl (C=O) groups excluding carboxylic acids is 1. The number of likely N-dealkylation sites (tertiary alicyclic amines) is 1. The van der Waals surface area contributed by atoms with Crippen LogP contribution in [0.5, 0.6) is 0 Å². The third kappa shape index (κ3) is 5.97. The fraction of sp³-hybridized carbons (Fsp3) is 0.833. The second-order valence-corrected chi connectivity index (χ2v) is 4.53. The number of rotatable bonds is 7. The maximum Gasteiger partial charge on any atom is 0.329 e. The second-order valence-electron chi connectivity index (χ2n) is 4.53. The molecule has 1 aliphatic heterocycles. The van der Waals surface area contributed by atoms with Crippen LogP contribution in [-0.2, 0) is 14.3 Å². The van der Waals surface area contributed by atoms with Crippen LogP contribution in [0, 0.1) is 0 Å². The first-order valence-electron chi connectivity index (χ1n) is 6.44. The van der Waals surface area contributed by atoms with Crippen molar-refractivity contribution < 1.29 is 19.4 Å². The van der Waals surface area contributed by atoms with Gasteiger partial charge in [0, 0.05) is 19.6 Å². The van der Waals surface area contributed by atoms with E-state index in [1.165, 1.54) is 0 Å². The molecule has 1 heterocycles. The topological polar surface area (TPSA) is 78.9 Å². The molecule has 104 valence electrons. The summed E-state index contributed by atoms with van der Waals surface area (Å²) in [5, 5.41) is 11.4. The number of carboxylic acid groups (broad SMARTS) is 1. The van der Waals surface area contributed by atoms with Crippen LogP contribution in [0.25, 0.3) is 0 Å². The Labute approximate surface area is 107 Å². The van der Waals surface area contributed by atoms with E-state index >= 15 is 0 Å². The SMILES string of the molecule is CCCNC(=O)CN1CCC(OCC(=O)O)CC1. The molecule has 1 rings (SSSR count). The van der Waals surface area contributed by atoms with Crippen molar-refractivity contribution in [2.24, 2.45) is 0 Å². The zero-order valence-electron chi connectivity index (χ0n) is 10.9. The van der Waals surface area contributed by atoms with Crippen LogP contribution in [0.4, 0.5) is 0 Å². The molecular weight excluding hydrogens is 236 g/mol. The summed E-state index contributed by atoms with van der Waals surface area (Å²) in [4.78, 5) is 23.9. The fourth-order valence-corrected chi connectivity index (χ4v) is 1.95. The summed E-state index contributed by atoms with van der Waals surface area (Å²) in [7, 11) is 0. The van der Waals surface area contributed by atoms with Crippen LogP contribution in [0.15, 0.2) is 0 Å². The monoisotopic (exact) mass is 258 g/mol. The predicted molar refractivity (Wildman–Crippen MR) is 66.4 cm³/mol. The lowest BCUT2D eigenvalue weighted by molar-refractivity contribution is -0.145. The second kappa shape index (κ2) is 8.05. The van der Waals surface area contributed by atoms with Gasteiger partial charge in [-0.15, -0.1) is 0 Å². The van der Waals surface area contributed by atoms with Crippen LogP contribution in [-0.4, -0.2) is 60.8 Å². The molecule has 6 nitrogen and oxygen atoms in total. The van der Waals surface area contributed by atoms with Gasteiger partial charge in [0.2, 0.25) is 5.91 Å². The minimum atomic E-state index is -0.934. The Morgan fingerprint density at radius 1 is 1.39 bits per heavy atom. The van der Waals surface area contributed by atoms with Gasteiger partial charge in [0.1, 0.15) is 6.61 Å². The molecule has 0 spiro atoms. The van der Waals surface area contributed by atoms with Gasteiger partial charge in [-0.2, -0.15) is 0 Å². The number of nitrogens with one attached hydrogen (secondary N) is 1. The van der Waals surface area contributed by atoms with E-state index in [0.717, 1.165) is 38.9 Å². The molecule has 0 radical (unpaired) electrons. The van der Waals surface area contributed by atoms with Gasteiger partial charge in [-0.3, -0.25) is 9.69 Å². The van der Waals surface area contributed by atoms with Crippen molar-refractivity contribution in [2.45, 2.75) is 32.3 Å². The highest BCUT2D eigenvalue weighted by atomic mass is 16.5. The number of amides is 1. The van der Waals surface area contributed by atoms with Crippen molar-refractivity contribution in [3.8, 4) is 0 Å². The molecule has 0 aromatic heterocycles. The minimum Gasteiger partial charge on any atom is -0.480 e. The van der Waals surface area contributed by atoms with Crippen LogP contribution in [0.2, 0.25) is 0 Å². The molecule has 0 bridgehead atoms. The van der Waals surface area contributed by atoms with Crippen molar-refractivity contribution in [1.82, 2.24) is 10.2 Å². The number of nitrogens with zero attached hydrogens (tertiary/aromatic N) is 1. The van der Waals surface area contributed by atoms with Gasteiger partial charge in [-0.05, 0) is 19.3 Å². The third-order valence-electron chi connectivity index (χ3n) is 2.92. The first-order chi connectivity index (χ1) is 8.61. The standard InChI is InChI=1S/C12H22N2O4/c1-2-5-13-11(15)8-14-6-3-10(4-7-14)18-9-12(16)17/h10H,2-9H2,1H3,(H,13,15)(H,16,17). The summed E-state index contributed by atoms with van der Waals surface area (Å²) >= 11 is 0. The molecule has 0 unspecified atom stereocenters. The number of hydrogen-bond acceptors (Lipinski definition) is 4. The molecule has 0 aliphatic carbocycles. The quantitative estimate of drug-likeness (QED) is 0.676. The van der Waals surface area contributed by atoms with E-state index in [4.69, 9.17) is 9.84 Å². The summed E-state index contributed by atoms with van der Waals surface area (Å²) in [5.74, 6) is -0.877. The predicted octanol–water partition coefficient (Wildman–Crippen LogP) is 0.0782. The van der Waals surface area contributed by atoms with Crippen LogP contribution in [0.1, 0.15) is 26.2 Å². The van der Waals surface area contributed by atoms with E-state index in [1.54, 1.807) is 0 Å². The normalized spacial score (nSPS) is 17.6. The van der Waals surface area contributed by atoms with Gasteiger partial charge >= 0.3 is 5.97 Å². The molecule has 1 fully saturated rings. The summed E-state index contributed by atoms with van der Waals surface area (Å²) < 4.78 is 5.24. The molecule has 0 aromatic carbocycles. The highest BCUT2D eigenvalue weighted by molar-refractivity contribution is 5.77. The minimum absolute atomic E-state index is 0.0102. The van der Waals surface area contributed by atoms with Gasteiger partial charge in [0.05, 0.1) is 12.6 Å². The summed E-state index contributed by atoms with van der Waals surface area (Å²) in [6, 6.07) is 0. The third-order valence-corrected chi connectivity index (χ3v) is 2.92. The summed E-state index contributed by atoms with van der Waals surface area (Å²) in [6.07, 6.45) is 2.52. The van der Waals surface area contributed by atoms with Crippen molar-refractivity contribution in [3.05, 3.63) is 0 Å². The van der Waals surface area contributed by atoms with Gasteiger partial charge in [0.25, 0.3) is 0 Å². The Balaban J connectivity index is 2.14. The first kappa shape index (κ1) is 14.9. The smallest absolute Gasteiger partial charge is 0.329 e. The Bertz CT molecular complexity index is 275. The number of ether oxygens (including phenoxy) is 1. The maximum absolute atomic E-state index is 11.5. The average Bonchev–Trinajstić information content (AvgIpc) is 2.35. The zero-order valence-corrected chi connectivity index (χ0v) is 10.9. The van der Waals surface area contributed by atoms with Crippen molar-refractivity contribution in [1.29, 1.82) is 0 Å². The lowest BCUT2D eigenvalue weighted by Gasteiger charge is -2.31. The van der Waals surface area contributed by atoms with Crippen molar-refractivity contribution in [2.75, 3.05) is 32.8 Å². The van der Waals surface area contributed by atoms with Crippen molar-refractivity contribution >= 4 is 11.9 Å². The molecule has 1 aliphatic rings. The van der Waals surface area contributed by atoms with Gasteiger partial charge < -0.3 is 15.2 Å². The maximum atomic E-state index is 11.5. The highest BCUT2D eigenvalue weighted by Gasteiger charge is 2.21. The molecule has 0 saturated carbocycles. The van der Waals surface area contributed by atoms with Crippen LogP contribution >= 0.6 is 0 Å². The van der Waals surface area contributed by atoms with Crippen LogP contribution in [0.3, 0.4) is 0 Å². The molecule has 6 heteroatoms. The molecule has 1 amide bonds. The lowest BCUT2D eigenvalue weighted by atomic mass is 10.1. The fourth-order valence-electron chi connectivity index (χ4n) is 1.95. The van der Waals surface area contributed by atoms with E-state index in [-0.39, 0.29) is 18.6 Å². The number of piperidine rings is 1. The van der Waals surface area contributed by atoms with E-state index in [0.29, 0.717) is 6.54 Å². The number of aliphatic carboxylic acids is 1. The average molecular weight is 258 g/mol. The van der Waals surface area contributed by atoms with E-state index in [1.807, 2.05) is 6.92 Å². The number of carboxylic acids is 1. The zero-order chi connectivity index (χ0) is 13.4. The highest BCUT2D eigenvalue weighted by Crippen LogP contribution is 2.13. The molecule has 0 aromatic rings. The first-order valence-corrected chi connectivity index (χ1v) is 6.44. The van der Waals surface area contributed by atoms with Gasteiger partial charge in [-0.1, -0.05) is 6.92 Å². The van der Waals surface area contributed by atoms with Crippen molar-refractivity contribution in [3.63, 3.8) is 0 Å². The lowest BCUT2D eigenvalue weighted by Crippen LogP contribution is -2.43. The number of carbonyl (C=O) groups is 2. The molecule has 1 saturated heterocycles. The van der Waals surface area contributed by atoms with E-state index in [9.17, 15) is 9.59 Å². The summed E-state index contributed by atoms with van der Waals surface area (Å²) in [5.41, 5.74) is 0. The Morgan fingerprint density at radius 3 is 2.61 bits per heavy atom. The molecule has 2 N–H and O–H groups in total. The molecule has 0 atom stereocenters. The molecule has 18 heavy (non-hydrogen) atoms.